The van der Waals surface area contributed by atoms with Crippen LogP contribution in [0.1, 0.15) is 25.8 Å². The van der Waals surface area contributed by atoms with Crippen molar-refractivity contribution in [2.45, 2.75) is 31.7 Å². The zero-order valence-electron chi connectivity index (χ0n) is 12.5. The molecule has 0 bridgehead atoms. The lowest BCUT2D eigenvalue weighted by molar-refractivity contribution is 0.391. The lowest BCUT2D eigenvalue weighted by atomic mass is 10.1. The van der Waals surface area contributed by atoms with Gasteiger partial charge in [-0.1, -0.05) is 26.3 Å². The van der Waals surface area contributed by atoms with Gasteiger partial charge in [-0.3, -0.25) is 0 Å². The van der Waals surface area contributed by atoms with Crippen LogP contribution in [0.2, 0.25) is 0 Å². The molecule has 0 radical (unpaired) electrons. The summed E-state index contributed by atoms with van der Waals surface area (Å²) in [6.07, 6.45) is 0.877. The summed E-state index contributed by atoms with van der Waals surface area (Å²) in [6.45, 7) is 4.85. The van der Waals surface area contributed by atoms with E-state index in [1.807, 2.05) is 13.8 Å². The Morgan fingerprint density at radius 2 is 2.05 bits per heavy atom. The smallest absolute Gasteiger partial charge is 0.245 e. The summed E-state index contributed by atoms with van der Waals surface area (Å²) in [5.41, 5.74) is 0.740. The van der Waals surface area contributed by atoms with Gasteiger partial charge in [0, 0.05) is 20.1 Å². The predicted octanol–water partition coefficient (Wildman–Crippen LogP) is 2.21. The zero-order valence-corrected chi connectivity index (χ0v) is 13.3. The van der Waals surface area contributed by atoms with E-state index < -0.39 is 15.8 Å². The third-order valence-electron chi connectivity index (χ3n) is 3.33. The summed E-state index contributed by atoms with van der Waals surface area (Å²) in [5.74, 6) is -0.473. The Morgan fingerprint density at radius 3 is 2.60 bits per heavy atom. The normalized spacial score (nSPS) is 13.7. The Hall–Kier alpha value is -0.980. The first-order valence-corrected chi connectivity index (χ1v) is 8.16. The molecule has 4 nitrogen and oxygen atoms in total. The molecule has 1 rings (SSSR count). The molecule has 0 heterocycles. The lowest BCUT2D eigenvalue weighted by Crippen LogP contribution is -2.31. The molecule has 114 valence electrons. The van der Waals surface area contributed by atoms with Gasteiger partial charge >= 0.3 is 0 Å². The van der Waals surface area contributed by atoms with Crippen molar-refractivity contribution in [3.8, 4) is 0 Å². The molecule has 1 aromatic carbocycles. The van der Waals surface area contributed by atoms with Crippen molar-refractivity contribution < 1.29 is 12.8 Å². The van der Waals surface area contributed by atoms with Crippen molar-refractivity contribution in [1.29, 1.82) is 0 Å². The quantitative estimate of drug-likeness (QED) is 0.840. The average molecular weight is 302 g/mol. The number of halogens is 1. The van der Waals surface area contributed by atoms with E-state index in [2.05, 4.69) is 5.32 Å². The molecule has 1 atom stereocenters. The Morgan fingerprint density at radius 1 is 1.40 bits per heavy atom. The van der Waals surface area contributed by atoms with Gasteiger partial charge in [-0.25, -0.2) is 17.1 Å². The Bertz CT molecular complexity index is 546. The van der Waals surface area contributed by atoms with Crippen molar-refractivity contribution in [3.05, 3.63) is 29.6 Å². The summed E-state index contributed by atoms with van der Waals surface area (Å²) in [7, 11) is -0.537. The van der Waals surface area contributed by atoms with E-state index in [9.17, 15) is 12.8 Å². The second-order valence-electron chi connectivity index (χ2n) is 5.09. The summed E-state index contributed by atoms with van der Waals surface area (Å²) in [5, 5.41) is 2.92. The molecule has 0 saturated carbocycles. The highest BCUT2D eigenvalue weighted by atomic mass is 32.2. The standard InChI is InChI=1S/C14H23FN2O2S/c1-5-11(2)10-17(4)20(18,19)14-8-12(9-16-3)6-7-13(14)15/h6-8,11,16H,5,9-10H2,1-4H3. The first kappa shape index (κ1) is 17.1. The van der Waals surface area contributed by atoms with Gasteiger partial charge in [0.1, 0.15) is 10.7 Å². The molecule has 0 saturated heterocycles. The minimum atomic E-state index is -3.79. The van der Waals surface area contributed by atoms with E-state index >= 15 is 0 Å². The number of rotatable bonds is 7. The third-order valence-corrected chi connectivity index (χ3v) is 5.17. The maximum absolute atomic E-state index is 13.9. The highest BCUT2D eigenvalue weighted by molar-refractivity contribution is 7.89. The number of sulfonamides is 1. The van der Waals surface area contributed by atoms with Crippen LogP contribution in [-0.2, 0) is 16.6 Å². The van der Waals surface area contributed by atoms with Crippen LogP contribution in [-0.4, -0.2) is 33.4 Å². The van der Waals surface area contributed by atoms with Crippen LogP contribution < -0.4 is 5.32 Å². The van der Waals surface area contributed by atoms with Crippen LogP contribution in [0.5, 0.6) is 0 Å². The van der Waals surface area contributed by atoms with Crippen LogP contribution in [0.4, 0.5) is 4.39 Å². The monoisotopic (exact) mass is 302 g/mol. The summed E-state index contributed by atoms with van der Waals surface area (Å²) in [4.78, 5) is -0.254. The molecule has 0 aromatic heterocycles. The molecule has 0 aliphatic heterocycles. The van der Waals surface area contributed by atoms with Crippen molar-refractivity contribution in [1.82, 2.24) is 9.62 Å². The number of nitrogens with one attached hydrogen (secondary N) is 1. The van der Waals surface area contributed by atoms with Gasteiger partial charge in [-0.2, -0.15) is 0 Å². The highest BCUT2D eigenvalue weighted by Crippen LogP contribution is 2.21. The lowest BCUT2D eigenvalue weighted by Gasteiger charge is -2.21. The van der Waals surface area contributed by atoms with E-state index in [0.717, 1.165) is 12.0 Å². The highest BCUT2D eigenvalue weighted by Gasteiger charge is 2.25. The molecule has 6 heteroatoms. The van der Waals surface area contributed by atoms with Crippen LogP contribution >= 0.6 is 0 Å². The number of nitrogens with zero attached hydrogens (tertiary/aromatic N) is 1. The van der Waals surface area contributed by atoms with Crippen molar-refractivity contribution >= 4 is 10.0 Å². The Balaban J connectivity index is 3.10. The summed E-state index contributed by atoms with van der Waals surface area (Å²) < 4.78 is 39.9. The van der Waals surface area contributed by atoms with E-state index in [0.29, 0.717) is 13.1 Å². The first-order chi connectivity index (χ1) is 9.32. The molecular weight excluding hydrogens is 279 g/mol. The minimum Gasteiger partial charge on any atom is -0.316 e. The van der Waals surface area contributed by atoms with Gasteiger partial charge in [0.25, 0.3) is 0 Å². The van der Waals surface area contributed by atoms with Crippen LogP contribution in [0.3, 0.4) is 0 Å². The van der Waals surface area contributed by atoms with Gasteiger partial charge in [0.2, 0.25) is 10.0 Å². The molecule has 0 fully saturated rings. The molecule has 1 aromatic rings. The van der Waals surface area contributed by atoms with Crippen molar-refractivity contribution in [2.24, 2.45) is 5.92 Å². The fourth-order valence-corrected chi connectivity index (χ4v) is 3.29. The topological polar surface area (TPSA) is 49.4 Å². The summed E-state index contributed by atoms with van der Waals surface area (Å²) in [6, 6.07) is 4.18. The van der Waals surface area contributed by atoms with Crippen molar-refractivity contribution in [3.63, 3.8) is 0 Å². The van der Waals surface area contributed by atoms with Gasteiger partial charge in [-0.05, 0) is 30.7 Å². The van der Waals surface area contributed by atoms with Crippen LogP contribution in [0.15, 0.2) is 23.1 Å². The van der Waals surface area contributed by atoms with Crippen LogP contribution in [0.25, 0.3) is 0 Å². The Kier molecular flexibility index (Phi) is 6.10. The number of hydrogen-bond donors (Lipinski definition) is 1. The number of hydrogen-bond acceptors (Lipinski definition) is 3. The van der Waals surface area contributed by atoms with Crippen LogP contribution in [0, 0.1) is 11.7 Å². The average Bonchev–Trinajstić information content (AvgIpc) is 2.40. The van der Waals surface area contributed by atoms with Gasteiger partial charge in [0.15, 0.2) is 0 Å². The van der Waals surface area contributed by atoms with E-state index in [-0.39, 0.29) is 10.8 Å². The third kappa shape index (κ3) is 4.01. The van der Waals surface area contributed by atoms with E-state index in [1.54, 1.807) is 13.1 Å². The van der Waals surface area contributed by atoms with Gasteiger partial charge < -0.3 is 5.32 Å². The fraction of sp³-hybridized carbons (Fsp3) is 0.571. The second kappa shape index (κ2) is 7.15. The molecule has 1 N–H and O–H groups in total. The fourth-order valence-electron chi connectivity index (χ4n) is 1.89. The molecule has 0 amide bonds. The van der Waals surface area contributed by atoms with Gasteiger partial charge in [0.05, 0.1) is 0 Å². The maximum atomic E-state index is 13.9. The number of benzene rings is 1. The SMILES string of the molecule is CCC(C)CN(C)S(=O)(=O)c1cc(CNC)ccc1F. The van der Waals surface area contributed by atoms with E-state index in [4.69, 9.17) is 0 Å². The Labute approximate surface area is 121 Å². The molecule has 0 aliphatic carbocycles. The second-order valence-corrected chi connectivity index (χ2v) is 7.11. The van der Waals surface area contributed by atoms with Gasteiger partial charge in [-0.15, -0.1) is 0 Å². The molecule has 20 heavy (non-hydrogen) atoms. The van der Waals surface area contributed by atoms with Crippen molar-refractivity contribution in [2.75, 3.05) is 20.6 Å². The zero-order chi connectivity index (χ0) is 15.3. The summed E-state index contributed by atoms with van der Waals surface area (Å²) >= 11 is 0. The maximum Gasteiger partial charge on any atom is 0.245 e. The molecule has 0 aliphatic rings. The largest absolute Gasteiger partial charge is 0.316 e. The molecular formula is C14H23FN2O2S. The molecule has 0 spiro atoms. The minimum absolute atomic E-state index is 0.235. The molecule has 1 unspecified atom stereocenters. The first-order valence-electron chi connectivity index (χ1n) is 6.72. The predicted molar refractivity (Wildman–Crippen MR) is 78.4 cm³/mol. The van der Waals surface area contributed by atoms with E-state index in [1.165, 1.54) is 23.5 Å².